The van der Waals surface area contributed by atoms with E-state index in [-0.39, 0.29) is 24.2 Å². The highest BCUT2D eigenvalue weighted by molar-refractivity contribution is 5.86. The van der Waals surface area contributed by atoms with Gasteiger partial charge in [0.1, 0.15) is 24.2 Å². The fraction of sp³-hybridized carbons (Fsp3) is 0.190. The van der Waals surface area contributed by atoms with Crippen molar-refractivity contribution >= 4 is 22.3 Å². The van der Waals surface area contributed by atoms with E-state index < -0.39 is 5.56 Å². The molecule has 1 atom stereocenters. The van der Waals surface area contributed by atoms with E-state index in [4.69, 9.17) is 0 Å². The summed E-state index contributed by atoms with van der Waals surface area (Å²) in [7, 11) is 0. The van der Waals surface area contributed by atoms with Crippen LogP contribution in [0.3, 0.4) is 0 Å². The minimum absolute atomic E-state index is 0.156. The predicted octanol–water partition coefficient (Wildman–Crippen LogP) is 2.71. The number of carbonyl (C=O) groups excluding carboxylic acids is 1. The molecule has 7 heteroatoms. The van der Waals surface area contributed by atoms with Crippen LogP contribution in [-0.4, -0.2) is 26.6 Å². The number of aromatic nitrogens is 3. The summed E-state index contributed by atoms with van der Waals surface area (Å²) in [6, 6.07) is 15.8. The van der Waals surface area contributed by atoms with E-state index in [2.05, 4.69) is 10.4 Å². The van der Waals surface area contributed by atoms with Gasteiger partial charge in [-0.25, -0.2) is 9.07 Å². The van der Waals surface area contributed by atoms with Crippen molar-refractivity contribution in [3.8, 4) is 0 Å². The van der Waals surface area contributed by atoms with Crippen LogP contribution in [0.2, 0.25) is 0 Å². The minimum atomic E-state index is -0.398. The first-order chi connectivity index (χ1) is 13.5. The van der Waals surface area contributed by atoms with Crippen molar-refractivity contribution in [3.63, 3.8) is 0 Å². The van der Waals surface area contributed by atoms with Crippen LogP contribution in [0.1, 0.15) is 18.4 Å². The lowest BCUT2D eigenvalue weighted by Crippen LogP contribution is -2.35. The van der Waals surface area contributed by atoms with Gasteiger partial charge in [-0.3, -0.25) is 14.0 Å². The molecule has 4 rings (SSSR count). The van der Waals surface area contributed by atoms with Crippen LogP contribution < -0.4 is 10.9 Å². The second-order valence-corrected chi connectivity index (χ2v) is 6.81. The summed E-state index contributed by atoms with van der Waals surface area (Å²) in [5.41, 5.74) is 1.77. The molecule has 0 fully saturated rings. The number of hydrogen-bond acceptors (Lipinski definition) is 3. The van der Waals surface area contributed by atoms with Gasteiger partial charge in [-0.15, -0.1) is 0 Å². The summed E-state index contributed by atoms with van der Waals surface area (Å²) >= 11 is 0. The Hall–Kier alpha value is -3.48. The van der Waals surface area contributed by atoms with E-state index in [1.54, 1.807) is 16.5 Å². The van der Waals surface area contributed by atoms with Crippen molar-refractivity contribution < 1.29 is 9.18 Å². The van der Waals surface area contributed by atoms with E-state index in [0.29, 0.717) is 23.0 Å². The molecule has 0 saturated carbocycles. The van der Waals surface area contributed by atoms with E-state index >= 15 is 0 Å². The molecule has 0 unspecified atom stereocenters. The molecule has 0 aliphatic heterocycles. The van der Waals surface area contributed by atoms with Crippen molar-refractivity contribution in [2.45, 2.75) is 19.4 Å². The van der Waals surface area contributed by atoms with Crippen LogP contribution in [0.15, 0.2) is 65.7 Å². The van der Waals surface area contributed by atoms with E-state index in [9.17, 15) is 14.0 Å². The maximum absolute atomic E-state index is 13.4. The Morgan fingerprint density at radius 1 is 1.14 bits per heavy atom. The molecule has 0 aliphatic carbocycles. The number of carbonyl (C=O) groups is 1. The molecule has 2 aromatic carbocycles. The molecule has 28 heavy (non-hydrogen) atoms. The molecule has 6 nitrogen and oxygen atoms in total. The maximum Gasteiger partial charge on any atom is 0.291 e. The van der Waals surface area contributed by atoms with Gasteiger partial charge in [-0.1, -0.05) is 37.3 Å². The predicted molar refractivity (Wildman–Crippen MR) is 105 cm³/mol. The monoisotopic (exact) mass is 378 g/mol. The largest absolute Gasteiger partial charge is 0.354 e. The van der Waals surface area contributed by atoms with Crippen LogP contribution in [0.4, 0.5) is 4.39 Å². The Kier molecular flexibility index (Phi) is 4.65. The average molecular weight is 378 g/mol. The molecule has 2 heterocycles. The Morgan fingerprint density at radius 2 is 1.93 bits per heavy atom. The highest BCUT2D eigenvalue weighted by Crippen LogP contribution is 2.18. The molecule has 0 radical (unpaired) electrons. The molecule has 2 aromatic heterocycles. The highest BCUT2D eigenvalue weighted by atomic mass is 19.1. The van der Waals surface area contributed by atoms with E-state index in [1.165, 1.54) is 18.5 Å². The number of nitrogens with zero attached hydrogens (tertiary/aromatic N) is 3. The summed E-state index contributed by atoms with van der Waals surface area (Å²) in [6.45, 7) is 2.32. The normalized spacial score (nSPS) is 12.4. The Balaban J connectivity index is 1.51. The fourth-order valence-corrected chi connectivity index (χ4v) is 3.27. The zero-order valence-electron chi connectivity index (χ0n) is 15.3. The molecule has 0 spiro atoms. The first kappa shape index (κ1) is 17.9. The van der Waals surface area contributed by atoms with Gasteiger partial charge in [0, 0.05) is 11.9 Å². The number of fused-ring (bicyclic) bond motifs is 3. The zero-order valence-corrected chi connectivity index (χ0v) is 15.3. The van der Waals surface area contributed by atoms with Gasteiger partial charge in [0.05, 0.1) is 5.52 Å². The van der Waals surface area contributed by atoms with Gasteiger partial charge in [0.25, 0.3) is 5.56 Å². The number of benzene rings is 2. The summed E-state index contributed by atoms with van der Waals surface area (Å²) in [5.74, 6) is -0.504. The Labute approximate surface area is 160 Å². The van der Waals surface area contributed by atoms with E-state index in [1.807, 2.05) is 37.3 Å². The third kappa shape index (κ3) is 3.38. The summed E-state index contributed by atoms with van der Waals surface area (Å²) in [5, 5.41) is 7.54. The van der Waals surface area contributed by atoms with Crippen LogP contribution in [0, 0.1) is 5.82 Å². The molecule has 0 aliphatic rings. The lowest BCUT2D eigenvalue weighted by Gasteiger charge is -2.13. The number of nitrogens with one attached hydrogen (secondary N) is 1. The molecular weight excluding hydrogens is 359 g/mol. The van der Waals surface area contributed by atoms with Crippen LogP contribution in [0.25, 0.3) is 16.4 Å². The molecule has 0 saturated heterocycles. The van der Waals surface area contributed by atoms with Gasteiger partial charge in [-0.2, -0.15) is 5.10 Å². The Bertz CT molecular complexity index is 1210. The van der Waals surface area contributed by atoms with Gasteiger partial charge in [0.2, 0.25) is 5.91 Å². The summed E-state index contributed by atoms with van der Waals surface area (Å²) < 4.78 is 16.1. The topological polar surface area (TPSA) is 68.4 Å². The van der Waals surface area contributed by atoms with Gasteiger partial charge in [0.15, 0.2) is 0 Å². The fourth-order valence-electron chi connectivity index (χ4n) is 3.27. The number of halogens is 1. The minimum Gasteiger partial charge on any atom is -0.354 e. The number of hydrogen-bond donors (Lipinski definition) is 1. The standard InChI is InChI=1S/C21H19FN4O2/c1-14(15-5-3-2-4-6-15)11-23-20(27)12-26-21(28)19-10-16-9-17(22)7-8-18(16)25(19)13-24-26/h2-10,13-14H,11-12H2,1H3,(H,23,27)/t14-/m1/s1. The van der Waals surface area contributed by atoms with Crippen molar-refractivity contribution in [2.75, 3.05) is 6.54 Å². The van der Waals surface area contributed by atoms with Crippen molar-refractivity contribution in [3.05, 3.63) is 82.7 Å². The smallest absolute Gasteiger partial charge is 0.291 e. The van der Waals surface area contributed by atoms with Crippen LogP contribution in [-0.2, 0) is 11.3 Å². The first-order valence-electron chi connectivity index (χ1n) is 9.01. The third-order valence-electron chi connectivity index (χ3n) is 4.83. The number of rotatable bonds is 5. The highest BCUT2D eigenvalue weighted by Gasteiger charge is 2.13. The quantitative estimate of drug-likeness (QED) is 0.581. The molecule has 1 amide bonds. The molecule has 4 aromatic rings. The van der Waals surface area contributed by atoms with Crippen molar-refractivity contribution in [2.24, 2.45) is 0 Å². The van der Waals surface area contributed by atoms with Crippen LogP contribution in [0.5, 0.6) is 0 Å². The number of amides is 1. The van der Waals surface area contributed by atoms with Crippen LogP contribution >= 0.6 is 0 Å². The molecular formula is C21H19FN4O2. The van der Waals surface area contributed by atoms with Crippen molar-refractivity contribution in [1.82, 2.24) is 19.5 Å². The Morgan fingerprint density at radius 3 is 2.71 bits per heavy atom. The average Bonchev–Trinajstić information content (AvgIpc) is 3.07. The summed E-state index contributed by atoms with van der Waals surface area (Å²) in [6.07, 6.45) is 1.47. The zero-order chi connectivity index (χ0) is 19.7. The van der Waals surface area contributed by atoms with Gasteiger partial charge < -0.3 is 5.32 Å². The molecule has 0 bridgehead atoms. The second-order valence-electron chi connectivity index (χ2n) is 6.81. The second kappa shape index (κ2) is 7.26. The molecule has 1 N–H and O–H groups in total. The SMILES string of the molecule is C[C@H](CNC(=O)Cn1ncn2c(cc3cc(F)ccc32)c1=O)c1ccccc1. The summed E-state index contributed by atoms with van der Waals surface area (Å²) in [4.78, 5) is 25.0. The maximum atomic E-state index is 13.4. The first-order valence-corrected chi connectivity index (χ1v) is 9.01. The lowest BCUT2D eigenvalue weighted by molar-refractivity contribution is -0.121. The van der Waals surface area contributed by atoms with Gasteiger partial charge in [-0.05, 0) is 35.7 Å². The third-order valence-corrected chi connectivity index (χ3v) is 4.83. The molecule has 142 valence electrons. The van der Waals surface area contributed by atoms with Gasteiger partial charge >= 0.3 is 0 Å². The lowest BCUT2D eigenvalue weighted by atomic mass is 10.0. The van der Waals surface area contributed by atoms with Crippen molar-refractivity contribution in [1.29, 1.82) is 0 Å². The van der Waals surface area contributed by atoms with E-state index in [0.717, 1.165) is 10.2 Å².